The average molecular weight is 468 g/mol. The molecule has 3 aromatic rings. The van der Waals surface area contributed by atoms with E-state index in [-0.39, 0.29) is 10.9 Å². The summed E-state index contributed by atoms with van der Waals surface area (Å²) in [4.78, 5) is 29.0. The van der Waals surface area contributed by atoms with Gasteiger partial charge in [0, 0.05) is 23.2 Å². The van der Waals surface area contributed by atoms with Crippen molar-refractivity contribution in [2.75, 3.05) is 5.32 Å². The predicted molar refractivity (Wildman–Crippen MR) is 127 cm³/mol. The van der Waals surface area contributed by atoms with Crippen LogP contribution in [0.2, 0.25) is 0 Å². The molecule has 1 atom stereocenters. The summed E-state index contributed by atoms with van der Waals surface area (Å²) in [5.74, 6) is -1.23. The largest absolute Gasteiger partial charge is 0.449 e. The topological polar surface area (TPSA) is 114 Å². The zero-order valence-electron chi connectivity index (χ0n) is 18.5. The van der Waals surface area contributed by atoms with Crippen LogP contribution in [0.1, 0.15) is 26.5 Å². The molecule has 8 nitrogen and oxygen atoms in total. The van der Waals surface area contributed by atoms with Crippen molar-refractivity contribution in [3.05, 3.63) is 72.4 Å². The standard InChI is InChI=1S/C24H25N3O5S/c1-16(2)27-33(30,31)21-13-10-20(11-14-21)26-24(29)17(3)32-23(28)15-12-19-9-8-18-6-4-5-7-22(18)25-19/h4-17,27H,1-3H3,(H,26,29)/b15-12+/t17-/m0/s1. The summed E-state index contributed by atoms with van der Waals surface area (Å²) in [5, 5.41) is 3.58. The summed E-state index contributed by atoms with van der Waals surface area (Å²) in [7, 11) is -3.62. The molecule has 0 unspecified atom stereocenters. The SMILES string of the molecule is CC(C)NS(=O)(=O)c1ccc(NC(=O)[C@H](C)OC(=O)/C=C/c2ccc3ccccc3n2)cc1. The van der Waals surface area contributed by atoms with E-state index in [1.54, 1.807) is 19.9 Å². The molecule has 33 heavy (non-hydrogen) atoms. The Balaban J connectivity index is 1.56. The molecule has 0 aliphatic rings. The van der Waals surface area contributed by atoms with E-state index in [9.17, 15) is 18.0 Å². The van der Waals surface area contributed by atoms with Gasteiger partial charge < -0.3 is 10.1 Å². The van der Waals surface area contributed by atoms with E-state index in [2.05, 4.69) is 15.0 Å². The number of para-hydroxylation sites is 1. The van der Waals surface area contributed by atoms with Crippen molar-refractivity contribution in [3.63, 3.8) is 0 Å². The number of esters is 1. The molecule has 0 fully saturated rings. The number of carbonyl (C=O) groups excluding carboxylic acids is 2. The first-order valence-electron chi connectivity index (χ1n) is 10.3. The zero-order chi connectivity index (χ0) is 24.0. The van der Waals surface area contributed by atoms with Gasteiger partial charge in [-0.25, -0.2) is 22.9 Å². The highest BCUT2D eigenvalue weighted by atomic mass is 32.2. The van der Waals surface area contributed by atoms with E-state index in [4.69, 9.17) is 4.74 Å². The number of ether oxygens (including phenoxy) is 1. The van der Waals surface area contributed by atoms with Crippen molar-refractivity contribution in [1.82, 2.24) is 9.71 Å². The minimum atomic E-state index is -3.62. The maximum atomic E-state index is 12.3. The Labute approximate surface area is 192 Å². The first-order chi connectivity index (χ1) is 15.6. The Morgan fingerprint density at radius 3 is 2.36 bits per heavy atom. The number of anilines is 1. The molecule has 0 aliphatic heterocycles. The molecule has 1 heterocycles. The van der Waals surface area contributed by atoms with Gasteiger partial charge in [0.2, 0.25) is 10.0 Å². The second-order valence-corrected chi connectivity index (χ2v) is 9.34. The lowest BCUT2D eigenvalue weighted by atomic mass is 10.2. The molecule has 172 valence electrons. The second kappa shape index (κ2) is 10.4. The third-order valence-corrected chi connectivity index (χ3v) is 6.17. The first kappa shape index (κ1) is 24.1. The number of fused-ring (bicyclic) bond motifs is 1. The number of hydrogen-bond acceptors (Lipinski definition) is 6. The lowest BCUT2D eigenvalue weighted by molar-refractivity contribution is -0.148. The number of carbonyl (C=O) groups is 2. The highest BCUT2D eigenvalue weighted by Gasteiger charge is 2.18. The van der Waals surface area contributed by atoms with Crippen molar-refractivity contribution in [2.45, 2.75) is 37.8 Å². The van der Waals surface area contributed by atoms with Gasteiger partial charge in [0.25, 0.3) is 5.91 Å². The number of pyridine rings is 1. The number of sulfonamides is 1. The lowest BCUT2D eigenvalue weighted by Gasteiger charge is -2.13. The normalized spacial score (nSPS) is 12.7. The fourth-order valence-electron chi connectivity index (χ4n) is 2.93. The molecular weight excluding hydrogens is 442 g/mol. The van der Waals surface area contributed by atoms with Crippen molar-refractivity contribution in [1.29, 1.82) is 0 Å². The van der Waals surface area contributed by atoms with Gasteiger partial charge in [0.1, 0.15) is 0 Å². The van der Waals surface area contributed by atoms with E-state index < -0.39 is 28.0 Å². The summed E-state index contributed by atoms with van der Waals surface area (Å²) < 4.78 is 32.0. The Bertz CT molecular complexity index is 1280. The Kier molecular flexibility index (Phi) is 7.57. The molecule has 0 spiro atoms. The molecule has 0 bridgehead atoms. The molecule has 2 N–H and O–H groups in total. The minimum Gasteiger partial charge on any atom is -0.449 e. The van der Waals surface area contributed by atoms with Gasteiger partial charge in [-0.15, -0.1) is 0 Å². The van der Waals surface area contributed by atoms with Crippen LogP contribution in [-0.2, 0) is 24.3 Å². The molecule has 0 radical (unpaired) electrons. The molecule has 1 aromatic heterocycles. The number of rotatable bonds is 8. The van der Waals surface area contributed by atoms with E-state index in [0.29, 0.717) is 11.4 Å². The Morgan fingerprint density at radius 1 is 0.970 bits per heavy atom. The van der Waals surface area contributed by atoms with Crippen LogP contribution in [-0.4, -0.2) is 37.4 Å². The monoisotopic (exact) mass is 467 g/mol. The van der Waals surface area contributed by atoms with Crippen molar-refractivity contribution in [3.8, 4) is 0 Å². The lowest BCUT2D eigenvalue weighted by Crippen LogP contribution is -2.30. The molecule has 1 amide bonds. The van der Waals surface area contributed by atoms with Crippen LogP contribution in [0, 0.1) is 0 Å². The molecule has 0 saturated heterocycles. The number of nitrogens with zero attached hydrogens (tertiary/aromatic N) is 1. The number of amides is 1. The van der Waals surface area contributed by atoms with E-state index in [1.807, 2.05) is 30.3 Å². The van der Waals surface area contributed by atoms with Gasteiger partial charge in [-0.3, -0.25) is 4.79 Å². The molecular formula is C24H25N3O5S. The molecule has 0 saturated carbocycles. The average Bonchev–Trinajstić information content (AvgIpc) is 2.77. The molecule has 9 heteroatoms. The minimum absolute atomic E-state index is 0.0844. The first-order valence-corrected chi connectivity index (χ1v) is 11.8. The summed E-state index contributed by atoms with van der Waals surface area (Å²) in [6, 6.07) is 16.8. The highest BCUT2D eigenvalue weighted by Crippen LogP contribution is 2.15. The van der Waals surface area contributed by atoms with Crippen molar-refractivity contribution in [2.24, 2.45) is 0 Å². The van der Waals surface area contributed by atoms with Gasteiger partial charge in [-0.2, -0.15) is 0 Å². The van der Waals surface area contributed by atoms with Crippen LogP contribution in [0.15, 0.2) is 71.6 Å². The van der Waals surface area contributed by atoms with Crippen molar-refractivity contribution < 1.29 is 22.7 Å². The van der Waals surface area contributed by atoms with E-state index in [0.717, 1.165) is 10.9 Å². The number of aromatic nitrogens is 1. The van der Waals surface area contributed by atoms with Crippen LogP contribution in [0.5, 0.6) is 0 Å². The quantitative estimate of drug-likeness (QED) is 0.387. The maximum absolute atomic E-state index is 12.3. The van der Waals surface area contributed by atoms with Crippen LogP contribution >= 0.6 is 0 Å². The molecule has 3 rings (SSSR count). The summed E-state index contributed by atoms with van der Waals surface area (Å²) in [6.45, 7) is 4.89. The molecule has 2 aromatic carbocycles. The van der Waals surface area contributed by atoms with Gasteiger partial charge in [-0.05, 0) is 63.2 Å². The molecule has 0 aliphatic carbocycles. The number of benzene rings is 2. The highest BCUT2D eigenvalue weighted by molar-refractivity contribution is 7.89. The predicted octanol–water partition coefficient (Wildman–Crippen LogP) is 3.51. The zero-order valence-corrected chi connectivity index (χ0v) is 19.3. The Morgan fingerprint density at radius 2 is 1.67 bits per heavy atom. The van der Waals surface area contributed by atoms with Gasteiger partial charge in [0.05, 0.1) is 16.1 Å². The smallest absolute Gasteiger partial charge is 0.331 e. The van der Waals surface area contributed by atoms with Gasteiger partial charge >= 0.3 is 5.97 Å². The van der Waals surface area contributed by atoms with Crippen molar-refractivity contribution >= 4 is 44.6 Å². The fraction of sp³-hybridized carbons (Fsp3) is 0.208. The number of hydrogen-bond donors (Lipinski definition) is 2. The van der Waals surface area contributed by atoms with Crippen LogP contribution < -0.4 is 10.0 Å². The summed E-state index contributed by atoms with van der Waals surface area (Å²) in [5.41, 5.74) is 1.77. The van der Waals surface area contributed by atoms with Crippen LogP contribution in [0.25, 0.3) is 17.0 Å². The van der Waals surface area contributed by atoms with Crippen LogP contribution in [0.4, 0.5) is 5.69 Å². The fourth-order valence-corrected chi connectivity index (χ4v) is 4.19. The third-order valence-electron chi connectivity index (χ3n) is 4.50. The summed E-state index contributed by atoms with van der Waals surface area (Å²) >= 11 is 0. The van der Waals surface area contributed by atoms with E-state index >= 15 is 0 Å². The van der Waals surface area contributed by atoms with Gasteiger partial charge in [-0.1, -0.05) is 24.3 Å². The van der Waals surface area contributed by atoms with Crippen LogP contribution in [0.3, 0.4) is 0 Å². The maximum Gasteiger partial charge on any atom is 0.331 e. The number of nitrogens with one attached hydrogen (secondary N) is 2. The van der Waals surface area contributed by atoms with E-state index in [1.165, 1.54) is 43.3 Å². The third kappa shape index (κ3) is 6.71. The van der Waals surface area contributed by atoms with Gasteiger partial charge in [0.15, 0.2) is 6.10 Å². The Hall–Kier alpha value is -3.56. The summed E-state index contributed by atoms with van der Waals surface area (Å²) in [6.07, 6.45) is 1.67. The second-order valence-electron chi connectivity index (χ2n) is 7.63.